The molecule has 6 rings (SSSR count). The molecular weight excluding hydrogens is 664 g/mol. The summed E-state index contributed by atoms with van der Waals surface area (Å²) in [6.07, 6.45) is 1.77. The molecule has 1 aromatic heterocycles. The van der Waals surface area contributed by atoms with Crippen molar-refractivity contribution in [3.8, 4) is 23.0 Å². The second kappa shape index (κ2) is 14.8. The van der Waals surface area contributed by atoms with Gasteiger partial charge in [0, 0.05) is 16.1 Å². The third-order valence-electron chi connectivity index (χ3n) is 7.92. The van der Waals surface area contributed by atoms with Gasteiger partial charge in [-0.25, -0.2) is 9.79 Å². The van der Waals surface area contributed by atoms with E-state index in [2.05, 4.69) is 0 Å². The average molecular weight is 697 g/mol. The van der Waals surface area contributed by atoms with Gasteiger partial charge in [0.25, 0.3) is 5.56 Å². The van der Waals surface area contributed by atoms with E-state index >= 15 is 0 Å². The second-order valence-corrected chi connectivity index (χ2v) is 12.3. The van der Waals surface area contributed by atoms with Gasteiger partial charge in [-0.1, -0.05) is 83.6 Å². The van der Waals surface area contributed by atoms with Gasteiger partial charge in [0.1, 0.15) is 6.61 Å². The van der Waals surface area contributed by atoms with E-state index < -0.39 is 12.0 Å². The highest BCUT2D eigenvalue weighted by molar-refractivity contribution is 7.07. The van der Waals surface area contributed by atoms with Gasteiger partial charge in [-0.05, 0) is 54.5 Å². The SMILES string of the molecule is CCOC(=O)C1=C(c2ccccc2)N=c2s/c(=C\c3ccc(OCc4ccccc4Cl)c(OC)c3)c(=O)n2[C@@H]1c1ccc(OC)c(OC)c1. The predicted octanol–water partition coefficient (Wildman–Crippen LogP) is 6.19. The molecule has 0 saturated heterocycles. The summed E-state index contributed by atoms with van der Waals surface area (Å²) in [5, 5.41) is 0.612. The number of hydrogen-bond donors (Lipinski definition) is 0. The van der Waals surface area contributed by atoms with Crippen molar-refractivity contribution in [3.63, 3.8) is 0 Å². The minimum atomic E-state index is -0.873. The number of halogens is 1. The number of methoxy groups -OCH3 is 3. The van der Waals surface area contributed by atoms with E-state index in [0.717, 1.165) is 5.56 Å². The zero-order valence-electron chi connectivity index (χ0n) is 27.3. The normalized spacial score (nSPS) is 14.1. The molecule has 0 bridgehead atoms. The van der Waals surface area contributed by atoms with Gasteiger partial charge in [-0.15, -0.1) is 0 Å². The molecular formula is C38H33ClN2O7S. The number of hydrogen-bond acceptors (Lipinski definition) is 9. The Labute approximate surface area is 291 Å². The number of carbonyl (C=O) groups excluding carboxylic acids is 1. The maximum atomic E-state index is 14.3. The van der Waals surface area contributed by atoms with Crippen molar-refractivity contribution in [1.82, 2.24) is 4.57 Å². The summed E-state index contributed by atoms with van der Waals surface area (Å²) in [6, 6.07) is 26.7. The Bertz CT molecular complexity index is 2230. The van der Waals surface area contributed by atoms with Crippen LogP contribution in [0.4, 0.5) is 0 Å². The molecule has 0 aliphatic carbocycles. The first kappa shape index (κ1) is 33.6. The zero-order valence-corrected chi connectivity index (χ0v) is 28.8. The number of nitrogens with zero attached hydrogens (tertiary/aromatic N) is 2. The van der Waals surface area contributed by atoms with Gasteiger partial charge in [0.2, 0.25) is 0 Å². The first-order valence-corrected chi connectivity index (χ1v) is 16.6. The van der Waals surface area contributed by atoms with E-state index in [0.29, 0.717) is 59.7 Å². The van der Waals surface area contributed by atoms with E-state index in [1.54, 1.807) is 51.5 Å². The first-order valence-electron chi connectivity index (χ1n) is 15.4. The topological polar surface area (TPSA) is 97.6 Å². The molecule has 11 heteroatoms. The van der Waals surface area contributed by atoms with Crippen molar-refractivity contribution in [2.24, 2.45) is 4.99 Å². The fraction of sp³-hybridized carbons (Fsp3) is 0.184. The highest BCUT2D eigenvalue weighted by atomic mass is 35.5. The Hall–Kier alpha value is -5.32. The van der Waals surface area contributed by atoms with E-state index in [1.807, 2.05) is 66.7 Å². The quantitative estimate of drug-likeness (QED) is 0.152. The van der Waals surface area contributed by atoms with Gasteiger partial charge in [0.05, 0.1) is 49.8 Å². The van der Waals surface area contributed by atoms with Crippen LogP contribution in [0.15, 0.2) is 106 Å². The summed E-state index contributed by atoms with van der Waals surface area (Å²) in [4.78, 5) is 33.5. The summed E-state index contributed by atoms with van der Waals surface area (Å²) in [5.74, 6) is 1.41. The van der Waals surface area contributed by atoms with E-state index in [9.17, 15) is 9.59 Å². The van der Waals surface area contributed by atoms with Crippen LogP contribution in [0.1, 0.15) is 35.2 Å². The molecule has 0 amide bonds. The molecule has 9 nitrogen and oxygen atoms in total. The molecule has 49 heavy (non-hydrogen) atoms. The van der Waals surface area contributed by atoms with Crippen LogP contribution in [0.5, 0.6) is 23.0 Å². The molecule has 0 saturated carbocycles. The molecule has 0 unspecified atom stereocenters. The van der Waals surface area contributed by atoms with Crippen molar-refractivity contribution in [2.45, 2.75) is 19.6 Å². The summed E-state index contributed by atoms with van der Waals surface area (Å²) >= 11 is 7.53. The predicted molar refractivity (Wildman–Crippen MR) is 189 cm³/mol. The molecule has 1 aliphatic heterocycles. The molecule has 0 N–H and O–H groups in total. The molecule has 2 heterocycles. The average Bonchev–Trinajstić information content (AvgIpc) is 3.44. The Kier molecular flexibility index (Phi) is 10.2. The number of aromatic nitrogens is 1. The Balaban J connectivity index is 1.50. The number of thiazole rings is 1. The van der Waals surface area contributed by atoms with Gasteiger partial charge in [-0.3, -0.25) is 9.36 Å². The van der Waals surface area contributed by atoms with Crippen LogP contribution in [-0.2, 0) is 16.1 Å². The molecule has 1 aliphatic rings. The minimum Gasteiger partial charge on any atom is -0.493 e. The summed E-state index contributed by atoms with van der Waals surface area (Å²) in [6.45, 7) is 2.15. The molecule has 4 aromatic carbocycles. The van der Waals surface area contributed by atoms with Crippen molar-refractivity contribution < 1.29 is 28.5 Å². The fourth-order valence-corrected chi connectivity index (χ4v) is 6.79. The number of ether oxygens (including phenoxy) is 5. The number of rotatable bonds is 11. The number of carbonyl (C=O) groups is 1. The second-order valence-electron chi connectivity index (χ2n) is 10.8. The first-order chi connectivity index (χ1) is 23.9. The van der Waals surface area contributed by atoms with Gasteiger partial charge in [-0.2, -0.15) is 0 Å². The standard InChI is InChI=1S/C38H33ClN2O7S/c1-5-47-37(43)33-34(24-11-7-6-8-12-24)40-38-41(35(33)25-16-18-28(44-2)31(21-25)46-4)36(42)32(49-38)20-23-15-17-29(30(19-23)45-3)48-22-26-13-9-10-14-27(26)39/h6-21,35H,5,22H2,1-4H3/b32-20-/t35-/m1/s1. The highest BCUT2D eigenvalue weighted by Gasteiger charge is 2.35. The Morgan fingerprint density at radius 2 is 1.57 bits per heavy atom. The van der Waals surface area contributed by atoms with Crippen LogP contribution >= 0.6 is 22.9 Å². The smallest absolute Gasteiger partial charge is 0.338 e. The Morgan fingerprint density at radius 1 is 0.878 bits per heavy atom. The summed E-state index contributed by atoms with van der Waals surface area (Å²) in [7, 11) is 4.64. The monoisotopic (exact) mass is 696 g/mol. The van der Waals surface area contributed by atoms with E-state index in [-0.39, 0.29) is 24.3 Å². The maximum Gasteiger partial charge on any atom is 0.338 e. The largest absolute Gasteiger partial charge is 0.493 e. The molecule has 0 spiro atoms. The number of fused-ring (bicyclic) bond motifs is 1. The Morgan fingerprint density at radius 3 is 2.29 bits per heavy atom. The van der Waals surface area contributed by atoms with E-state index in [1.165, 1.54) is 23.0 Å². The third kappa shape index (κ3) is 6.83. The van der Waals surface area contributed by atoms with Crippen molar-refractivity contribution in [1.29, 1.82) is 0 Å². The minimum absolute atomic E-state index is 0.146. The van der Waals surface area contributed by atoms with Crippen molar-refractivity contribution in [2.75, 3.05) is 27.9 Å². The lowest BCUT2D eigenvalue weighted by molar-refractivity contribution is -0.138. The third-order valence-corrected chi connectivity index (χ3v) is 9.28. The summed E-state index contributed by atoms with van der Waals surface area (Å²) in [5.41, 5.74) is 3.23. The zero-order chi connectivity index (χ0) is 34.5. The van der Waals surface area contributed by atoms with Crippen LogP contribution in [0.25, 0.3) is 11.8 Å². The molecule has 1 atom stereocenters. The van der Waals surface area contributed by atoms with E-state index in [4.69, 9.17) is 40.3 Å². The lowest BCUT2D eigenvalue weighted by Gasteiger charge is -2.26. The van der Waals surface area contributed by atoms with Crippen molar-refractivity contribution >= 4 is 40.7 Å². The van der Waals surface area contributed by atoms with Crippen LogP contribution in [0, 0.1) is 0 Å². The maximum absolute atomic E-state index is 14.3. The molecule has 250 valence electrons. The van der Waals surface area contributed by atoms with Crippen LogP contribution < -0.4 is 33.8 Å². The van der Waals surface area contributed by atoms with Gasteiger partial charge >= 0.3 is 5.97 Å². The molecule has 0 radical (unpaired) electrons. The van der Waals surface area contributed by atoms with Crippen LogP contribution in [0.2, 0.25) is 5.02 Å². The van der Waals surface area contributed by atoms with Crippen LogP contribution in [0.3, 0.4) is 0 Å². The fourth-order valence-electron chi connectivity index (χ4n) is 5.59. The summed E-state index contributed by atoms with van der Waals surface area (Å²) < 4.78 is 30.3. The lowest BCUT2D eigenvalue weighted by atomic mass is 9.93. The number of esters is 1. The molecule has 0 fully saturated rings. The van der Waals surface area contributed by atoms with Crippen LogP contribution in [-0.4, -0.2) is 38.5 Å². The highest BCUT2D eigenvalue weighted by Crippen LogP contribution is 2.38. The number of benzene rings is 4. The lowest BCUT2D eigenvalue weighted by Crippen LogP contribution is -2.40. The van der Waals surface area contributed by atoms with Gasteiger partial charge in [0.15, 0.2) is 27.8 Å². The van der Waals surface area contributed by atoms with Gasteiger partial charge < -0.3 is 23.7 Å². The van der Waals surface area contributed by atoms with Crippen molar-refractivity contribution in [3.05, 3.63) is 144 Å². The molecule has 5 aromatic rings.